The second-order valence-corrected chi connectivity index (χ2v) is 6.51. The maximum absolute atomic E-state index is 12.0. The van der Waals surface area contributed by atoms with Gasteiger partial charge in [-0.15, -0.1) is 10.2 Å². The molecular weight excluding hydrogens is 376 g/mol. The second-order valence-electron chi connectivity index (χ2n) is 4.69. The van der Waals surface area contributed by atoms with E-state index >= 15 is 0 Å². The molecular formula is C16H13BrN4OS. The maximum Gasteiger partial charge on any atom is 0.234 e. The lowest BCUT2D eigenvalue weighted by Crippen LogP contribution is -2.14. The molecule has 0 aliphatic rings. The number of aromatic amines is 1. The van der Waals surface area contributed by atoms with Crippen molar-refractivity contribution in [1.82, 2.24) is 15.2 Å². The number of H-pyrrole nitrogens is 1. The number of hydrogen-bond acceptors (Lipinski definition) is 4. The van der Waals surface area contributed by atoms with Gasteiger partial charge in [0.25, 0.3) is 0 Å². The number of carbonyl (C=O) groups excluding carboxylic acids is 1. The highest BCUT2D eigenvalue weighted by molar-refractivity contribution is 9.10. The molecule has 0 bridgehead atoms. The minimum atomic E-state index is -0.0976. The highest BCUT2D eigenvalue weighted by atomic mass is 79.9. The summed E-state index contributed by atoms with van der Waals surface area (Å²) < 4.78 is 0.844. The van der Waals surface area contributed by atoms with Crippen LogP contribution < -0.4 is 5.32 Å². The van der Waals surface area contributed by atoms with Crippen LogP contribution >= 0.6 is 27.7 Å². The summed E-state index contributed by atoms with van der Waals surface area (Å²) >= 11 is 4.82. The molecule has 0 radical (unpaired) electrons. The van der Waals surface area contributed by atoms with Gasteiger partial charge in [0.1, 0.15) is 6.33 Å². The van der Waals surface area contributed by atoms with Crippen LogP contribution in [0.5, 0.6) is 0 Å². The molecule has 0 aliphatic carbocycles. The van der Waals surface area contributed by atoms with Crippen LogP contribution in [0.15, 0.2) is 64.5 Å². The molecule has 3 rings (SSSR count). The normalized spacial score (nSPS) is 10.5. The minimum Gasteiger partial charge on any atom is -0.324 e. The van der Waals surface area contributed by atoms with E-state index in [1.54, 1.807) is 0 Å². The third-order valence-corrected chi connectivity index (χ3v) is 4.62. The van der Waals surface area contributed by atoms with Gasteiger partial charge in [-0.05, 0) is 39.2 Å². The molecule has 0 atom stereocenters. The number of rotatable bonds is 5. The molecule has 0 saturated carbocycles. The number of anilines is 1. The molecule has 0 spiro atoms. The molecule has 116 valence electrons. The van der Waals surface area contributed by atoms with E-state index in [1.807, 2.05) is 48.5 Å². The van der Waals surface area contributed by atoms with Crippen molar-refractivity contribution in [2.45, 2.75) is 5.16 Å². The average Bonchev–Trinajstić information content (AvgIpc) is 3.09. The van der Waals surface area contributed by atoms with Crippen LogP contribution in [0.4, 0.5) is 5.69 Å². The fourth-order valence-corrected chi connectivity index (χ4v) is 3.07. The number of nitrogens with one attached hydrogen (secondary N) is 2. The minimum absolute atomic E-state index is 0.0976. The Balaban J connectivity index is 1.65. The quantitative estimate of drug-likeness (QED) is 0.648. The van der Waals surface area contributed by atoms with Crippen molar-refractivity contribution in [2.75, 3.05) is 11.1 Å². The van der Waals surface area contributed by atoms with Crippen molar-refractivity contribution >= 4 is 39.3 Å². The zero-order valence-electron chi connectivity index (χ0n) is 12.0. The number of aromatic nitrogens is 3. The van der Waals surface area contributed by atoms with Gasteiger partial charge in [0.2, 0.25) is 5.91 Å². The number of halogens is 1. The smallest absolute Gasteiger partial charge is 0.234 e. The SMILES string of the molecule is O=C(CSc1nnc[nH]1)Nc1ccc(-c2ccccc2)cc1Br. The van der Waals surface area contributed by atoms with Crippen LogP contribution in [0.3, 0.4) is 0 Å². The maximum atomic E-state index is 12.0. The van der Waals surface area contributed by atoms with Gasteiger partial charge in [-0.2, -0.15) is 0 Å². The van der Waals surface area contributed by atoms with Crippen LogP contribution in [0.25, 0.3) is 11.1 Å². The molecule has 7 heteroatoms. The van der Waals surface area contributed by atoms with Crippen LogP contribution in [0.2, 0.25) is 0 Å². The van der Waals surface area contributed by atoms with Crippen molar-refractivity contribution in [3.8, 4) is 11.1 Å². The lowest BCUT2D eigenvalue weighted by Gasteiger charge is -2.09. The van der Waals surface area contributed by atoms with E-state index in [0.717, 1.165) is 21.3 Å². The van der Waals surface area contributed by atoms with Gasteiger partial charge < -0.3 is 10.3 Å². The van der Waals surface area contributed by atoms with Gasteiger partial charge >= 0.3 is 0 Å². The number of benzene rings is 2. The van der Waals surface area contributed by atoms with Crippen LogP contribution in [0.1, 0.15) is 0 Å². The molecule has 0 unspecified atom stereocenters. The molecule has 1 amide bonds. The largest absolute Gasteiger partial charge is 0.324 e. The standard InChI is InChI=1S/C16H13BrN4OS/c17-13-8-12(11-4-2-1-3-5-11)6-7-14(13)20-15(22)9-23-16-18-10-19-21-16/h1-8,10H,9H2,(H,20,22)(H,18,19,21). The summed E-state index contributed by atoms with van der Waals surface area (Å²) in [6, 6.07) is 16.0. The van der Waals surface area contributed by atoms with Gasteiger partial charge in [-0.3, -0.25) is 4.79 Å². The van der Waals surface area contributed by atoms with Crippen molar-refractivity contribution in [3.05, 3.63) is 59.3 Å². The summed E-state index contributed by atoms with van der Waals surface area (Å²) in [4.78, 5) is 14.8. The summed E-state index contributed by atoms with van der Waals surface area (Å²) in [6.45, 7) is 0. The average molecular weight is 389 g/mol. The van der Waals surface area contributed by atoms with E-state index in [0.29, 0.717) is 5.16 Å². The van der Waals surface area contributed by atoms with E-state index in [1.165, 1.54) is 18.1 Å². The molecule has 1 aromatic heterocycles. The molecule has 23 heavy (non-hydrogen) atoms. The summed E-state index contributed by atoms with van der Waals surface area (Å²) in [5.41, 5.74) is 2.96. The van der Waals surface area contributed by atoms with Gasteiger partial charge in [-0.25, -0.2) is 0 Å². The highest BCUT2D eigenvalue weighted by Gasteiger charge is 2.09. The topological polar surface area (TPSA) is 70.7 Å². The van der Waals surface area contributed by atoms with Gasteiger partial charge in [0, 0.05) is 4.47 Å². The first-order valence-electron chi connectivity index (χ1n) is 6.86. The lowest BCUT2D eigenvalue weighted by atomic mass is 10.1. The predicted octanol–water partition coefficient (Wildman–Crippen LogP) is 3.97. The Morgan fingerprint density at radius 1 is 1.17 bits per heavy atom. The van der Waals surface area contributed by atoms with E-state index in [4.69, 9.17) is 0 Å². The molecule has 2 N–H and O–H groups in total. The number of carbonyl (C=O) groups is 1. The lowest BCUT2D eigenvalue weighted by molar-refractivity contribution is -0.113. The summed E-state index contributed by atoms with van der Waals surface area (Å²) in [5, 5.41) is 11.0. The predicted molar refractivity (Wildman–Crippen MR) is 95.3 cm³/mol. The van der Waals surface area contributed by atoms with Crippen LogP contribution in [-0.2, 0) is 4.79 Å². The second kappa shape index (κ2) is 7.43. The summed E-state index contributed by atoms with van der Waals surface area (Å²) in [6.07, 6.45) is 1.49. The third kappa shape index (κ3) is 4.20. The summed E-state index contributed by atoms with van der Waals surface area (Å²) in [5.74, 6) is 0.168. The number of nitrogens with zero attached hydrogens (tertiary/aromatic N) is 2. The van der Waals surface area contributed by atoms with Crippen molar-refractivity contribution in [2.24, 2.45) is 0 Å². The molecule has 3 aromatic rings. The van der Waals surface area contributed by atoms with E-state index in [2.05, 4.69) is 36.4 Å². The van der Waals surface area contributed by atoms with Crippen molar-refractivity contribution in [1.29, 1.82) is 0 Å². The van der Waals surface area contributed by atoms with E-state index in [9.17, 15) is 4.79 Å². The Kier molecular flexibility index (Phi) is 5.09. The summed E-state index contributed by atoms with van der Waals surface area (Å²) in [7, 11) is 0. The first kappa shape index (κ1) is 15.8. The zero-order valence-corrected chi connectivity index (χ0v) is 14.4. The Morgan fingerprint density at radius 3 is 2.70 bits per heavy atom. The highest BCUT2D eigenvalue weighted by Crippen LogP contribution is 2.29. The van der Waals surface area contributed by atoms with Crippen LogP contribution in [0, 0.1) is 0 Å². The van der Waals surface area contributed by atoms with Gasteiger partial charge in [0.05, 0.1) is 11.4 Å². The fraction of sp³-hybridized carbons (Fsp3) is 0.0625. The fourth-order valence-electron chi connectivity index (χ4n) is 2.01. The molecule has 5 nitrogen and oxygen atoms in total. The first-order valence-corrected chi connectivity index (χ1v) is 8.64. The Hall–Kier alpha value is -2.12. The third-order valence-electron chi connectivity index (χ3n) is 3.08. The van der Waals surface area contributed by atoms with Gasteiger partial charge in [0.15, 0.2) is 5.16 Å². The monoisotopic (exact) mass is 388 g/mol. The Bertz CT molecular complexity index is 793. The zero-order chi connectivity index (χ0) is 16.1. The number of thioether (sulfide) groups is 1. The molecule has 1 heterocycles. The van der Waals surface area contributed by atoms with Gasteiger partial charge in [-0.1, -0.05) is 48.2 Å². The molecule has 0 saturated heterocycles. The number of amides is 1. The number of hydrogen-bond donors (Lipinski definition) is 2. The van der Waals surface area contributed by atoms with E-state index in [-0.39, 0.29) is 11.7 Å². The van der Waals surface area contributed by atoms with Crippen molar-refractivity contribution < 1.29 is 4.79 Å². The molecule has 0 fully saturated rings. The molecule has 0 aliphatic heterocycles. The first-order chi connectivity index (χ1) is 11.2. The van der Waals surface area contributed by atoms with Crippen molar-refractivity contribution in [3.63, 3.8) is 0 Å². The Labute approximate surface area is 146 Å². The molecule has 2 aromatic carbocycles. The van der Waals surface area contributed by atoms with Crippen LogP contribution in [-0.4, -0.2) is 26.8 Å². The Morgan fingerprint density at radius 2 is 2.00 bits per heavy atom. The van der Waals surface area contributed by atoms with E-state index < -0.39 is 0 Å².